The molecule has 2 aliphatic rings. The van der Waals surface area contributed by atoms with Gasteiger partial charge in [0.25, 0.3) is 0 Å². The number of rotatable bonds is 4. The maximum Gasteiger partial charge on any atom is 0.232 e. The molecule has 5 heteroatoms. The zero-order valence-electron chi connectivity index (χ0n) is 15.3. The number of carbonyl (C=O) groups is 1. The van der Waals surface area contributed by atoms with Crippen LogP contribution in [0, 0.1) is 0 Å². The van der Waals surface area contributed by atoms with Gasteiger partial charge in [-0.25, -0.2) is 0 Å². The largest absolute Gasteiger partial charge is 0.497 e. The maximum atomic E-state index is 13.0. The molecule has 1 heterocycles. The van der Waals surface area contributed by atoms with Gasteiger partial charge in [0.2, 0.25) is 5.91 Å². The summed E-state index contributed by atoms with van der Waals surface area (Å²) in [7, 11) is 4.96. The second-order valence-corrected chi connectivity index (χ2v) is 6.78. The summed E-state index contributed by atoms with van der Waals surface area (Å²) in [5, 5.41) is 3.13. The average Bonchev–Trinajstić information content (AvgIpc) is 3.04. The topological polar surface area (TPSA) is 56.8 Å². The maximum absolute atomic E-state index is 13.0. The van der Waals surface area contributed by atoms with E-state index in [1.807, 2.05) is 30.3 Å². The summed E-state index contributed by atoms with van der Waals surface area (Å²) in [5.41, 5.74) is 4.41. The van der Waals surface area contributed by atoms with Gasteiger partial charge in [-0.2, -0.15) is 0 Å². The Morgan fingerprint density at radius 1 is 1.04 bits per heavy atom. The molecule has 2 aromatic carbocycles. The fourth-order valence-electron chi connectivity index (χ4n) is 4.34. The van der Waals surface area contributed by atoms with Crippen molar-refractivity contribution in [1.29, 1.82) is 0 Å². The van der Waals surface area contributed by atoms with Crippen LogP contribution < -0.4 is 19.5 Å². The van der Waals surface area contributed by atoms with E-state index < -0.39 is 0 Å². The Kier molecular flexibility index (Phi) is 4.23. The fourth-order valence-corrected chi connectivity index (χ4v) is 4.34. The zero-order valence-corrected chi connectivity index (χ0v) is 15.3. The summed E-state index contributed by atoms with van der Waals surface area (Å²) >= 11 is 0. The van der Waals surface area contributed by atoms with Crippen LogP contribution in [0.1, 0.15) is 40.5 Å². The van der Waals surface area contributed by atoms with Crippen LogP contribution in [0.2, 0.25) is 0 Å². The van der Waals surface area contributed by atoms with E-state index in [4.69, 9.17) is 14.2 Å². The van der Waals surface area contributed by atoms with Gasteiger partial charge in [0.15, 0.2) is 11.5 Å². The molecule has 1 amide bonds. The molecule has 4 rings (SSSR count). The van der Waals surface area contributed by atoms with Gasteiger partial charge in [-0.15, -0.1) is 0 Å². The molecule has 136 valence electrons. The van der Waals surface area contributed by atoms with Gasteiger partial charge in [0.1, 0.15) is 5.75 Å². The number of hydrogen-bond donors (Lipinski definition) is 1. The van der Waals surface area contributed by atoms with E-state index >= 15 is 0 Å². The molecule has 0 aromatic heterocycles. The molecule has 0 fully saturated rings. The highest BCUT2D eigenvalue weighted by molar-refractivity contribution is 5.89. The molecule has 0 spiro atoms. The van der Waals surface area contributed by atoms with Crippen molar-refractivity contribution < 1.29 is 19.0 Å². The van der Waals surface area contributed by atoms with Gasteiger partial charge < -0.3 is 19.5 Å². The lowest BCUT2D eigenvalue weighted by atomic mass is 9.84. The van der Waals surface area contributed by atoms with Crippen molar-refractivity contribution in [2.75, 3.05) is 27.9 Å². The van der Waals surface area contributed by atoms with E-state index in [9.17, 15) is 4.79 Å². The van der Waals surface area contributed by atoms with Crippen LogP contribution in [0.3, 0.4) is 0 Å². The van der Waals surface area contributed by atoms with Crippen LogP contribution in [-0.4, -0.2) is 33.8 Å². The van der Waals surface area contributed by atoms with E-state index in [2.05, 4.69) is 5.32 Å². The summed E-state index contributed by atoms with van der Waals surface area (Å²) in [6.07, 6.45) is 1.96. The SMILES string of the molecule is COc1ccc([C@H]2C(=O)NC[C@H]3CCc4c(OC)c(OC)cc2c43)cc1. The van der Waals surface area contributed by atoms with Crippen LogP contribution >= 0.6 is 0 Å². The first-order chi connectivity index (χ1) is 12.7. The summed E-state index contributed by atoms with van der Waals surface area (Å²) in [4.78, 5) is 13.0. The summed E-state index contributed by atoms with van der Waals surface area (Å²) in [6, 6.07) is 9.69. The zero-order chi connectivity index (χ0) is 18.3. The first kappa shape index (κ1) is 16.8. The third kappa shape index (κ3) is 2.50. The molecule has 2 atom stereocenters. The van der Waals surface area contributed by atoms with Crippen molar-refractivity contribution in [2.45, 2.75) is 24.7 Å². The third-order valence-corrected chi connectivity index (χ3v) is 5.54. The van der Waals surface area contributed by atoms with Gasteiger partial charge >= 0.3 is 0 Å². The minimum absolute atomic E-state index is 0.0268. The highest BCUT2D eigenvalue weighted by Gasteiger charge is 2.38. The van der Waals surface area contributed by atoms with Crippen molar-refractivity contribution >= 4 is 5.91 Å². The van der Waals surface area contributed by atoms with Crippen molar-refractivity contribution in [3.05, 3.63) is 52.6 Å². The summed E-state index contributed by atoms with van der Waals surface area (Å²) in [5.74, 6) is 2.26. The first-order valence-electron chi connectivity index (χ1n) is 8.87. The Labute approximate surface area is 153 Å². The molecule has 0 bridgehead atoms. The second-order valence-electron chi connectivity index (χ2n) is 6.78. The number of nitrogens with one attached hydrogen (secondary N) is 1. The third-order valence-electron chi connectivity index (χ3n) is 5.54. The van der Waals surface area contributed by atoms with Crippen LogP contribution in [0.5, 0.6) is 17.2 Å². The Bertz CT molecular complexity index is 844. The van der Waals surface area contributed by atoms with Gasteiger partial charge in [-0.05, 0) is 47.7 Å². The fraction of sp³-hybridized carbons (Fsp3) is 0.381. The number of hydrogen-bond acceptors (Lipinski definition) is 4. The van der Waals surface area contributed by atoms with Crippen molar-refractivity contribution in [3.63, 3.8) is 0 Å². The minimum Gasteiger partial charge on any atom is -0.497 e. The normalized spacial score (nSPS) is 20.8. The summed E-state index contributed by atoms with van der Waals surface area (Å²) in [6.45, 7) is 0.668. The number of amides is 1. The predicted molar refractivity (Wildman–Crippen MR) is 98.5 cm³/mol. The van der Waals surface area contributed by atoms with E-state index in [0.29, 0.717) is 18.2 Å². The van der Waals surface area contributed by atoms with Crippen molar-refractivity contribution in [1.82, 2.24) is 5.32 Å². The molecule has 1 aliphatic carbocycles. The second kappa shape index (κ2) is 6.56. The Balaban J connectivity index is 1.92. The number of ether oxygens (including phenoxy) is 3. The van der Waals surface area contributed by atoms with Gasteiger partial charge in [-0.3, -0.25) is 4.79 Å². The Hall–Kier alpha value is -2.69. The quantitative estimate of drug-likeness (QED) is 0.918. The van der Waals surface area contributed by atoms with E-state index in [0.717, 1.165) is 35.5 Å². The van der Waals surface area contributed by atoms with Crippen molar-refractivity contribution in [2.24, 2.45) is 0 Å². The number of methoxy groups -OCH3 is 3. The van der Waals surface area contributed by atoms with Crippen molar-refractivity contribution in [3.8, 4) is 17.2 Å². The lowest BCUT2D eigenvalue weighted by Crippen LogP contribution is -2.29. The molecule has 1 N–H and O–H groups in total. The first-order valence-corrected chi connectivity index (χ1v) is 8.87. The smallest absolute Gasteiger partial charge is 0.232 e. The monoisotopic (exact) mass is 353 g/mol. The van der Waals surface area contributed by atoms with E-state index in [-0.39, 0.29) is 11.8 Å². The molecule has 5 nitrogen and oxygen atoms in total. The lowest BCUT2D eigenvalue weighted by Gasteiger charge is -2.21. The molecular formula is C21H23NO4. The minimum atomic E-state index is -0.363. The average molecular weight is 353 g/mol. The molecule has 1 aliphatic heterocycles. The molecular weight excluding hydrogens is 330 g/mol. The highest BCUT2D eigenvalue weighted by atomic mass is 16.5. The molecule has 2 aromatic rings. The summed E-state index contributed by atoms with van der Waals surface area (Å²) < 4.78 is 16.5. The molecule has 26 heavy (non-hydrogen) atoms. The van der Waals surface area contributed by atoms with Gasteiger partial charge in [0, 0.05) is 18.0 Å². The van der Waals surface area contributed by atoms with E-state index in [1.165, 1.54) is 11.1 Å². The Morgan fingerprint density at radius 3 is 2.46 bits per heavy atom. The molecule has 0 saturated heterocycles. The van der Waals surface area contributed by atoms with Gasteiger partial charge in [-0.1, -0.05) is 12.1 Å². The Morgan fingerprint density at radius 2 is 1.81 bits per heavy atom. The molecule has 0 saturated carbocycles. The van der Waals surface area contributed by atoms with Crippen LogP contribution in [0.25, 0.3) is 0 Å². The van der Waals surface area contributed by atoms with Crippen LogP contribution in [0.4, 0.5) is 0 Å². The molecule has 0 radical (unpaired) electrons. The standard InChI is InChI=1S/C21H23NO4/c1-24-14-7-4-12(5-8-14)19-16-10-17(25-2)20(26-3)15-9-6-13(18(15)16)11-22-21(19)23/h4-5,7-8,10,13,19H,6,9,11H2,1-3H3,(H,22,23)/t13-,19-/m1/s1. The lowest BCUT2D eigenvalue weighted by molar-refractivity contribution is -0.121. The van der Waals surface area contributed by atoms with Gasteiger partial charge in [0.05, 0.1) is 27.2 Å². The highest BCUT2D eigenvalue weighted by Crippen LogP contribution is 2.49. The van der Waals surface area contributed by atoms with Crippen LogP contribution in [0.15, 0.2) is 30.3 Å². The molecule has 0 unspecified atom stereocenters. The number of carbonyl (C=O) groups excluding carboxylic acids is 1. The van der Waals surface area contributed by atoms with Crippen LogP contribution in [-0.2, 0) is 11.2 Å². The predicted octanol–water partition coefficient (Wildman–Crippen LogP) is 3.00. The number of benzene rings is 2. The van der Waals surface area contributed by atoms with E-state index in [1.54, 1.807) is 21.3 Å².